The van der Waals surface area contributed by atoms with Gasteiger partial charge >= 0.3 is 0 Å². The Morgan fingerprint density at radius 1 is 1.31 bits per heavy atom. The highest BCUT2D eigenvalue weighted by Gasteiger charge is 2.30. The van der Waals surface area contributed by atoms with Crippen LogP contribution in [0.3, 0.4) is 0 Å². The van der Waals surface area contributed by atoms with Crippen LogP contribution in [0.2, 0.25) is 0 Å². The van der Waals surface area contributed by atoms with Gasteiger partial charge in [0.1, 0.15) is 0 Å². The molecule has 0 aromatic carbocycles. The van der Waals surface area contributed by atoms with Crippen LogP contribution in [0.25, 0.3) is 0 Å². The van der Waals surface area contributed by atoms with Crippen molar-refractivity contribution in [3.05, 3.63) is 0 Å². The maximum atomic E-state index is 11.5. The van der Waals surface area contributed by atoms with Crippen LogP contribution in [-0.4, -0.2) is 31.4 Å². The molecule has 0 heterocycles. The molecule has 1 rings (SSSR count). The van der Waals surface area contributed by atoms with E-state index in [0.29, 0.717) is 13.0 Å². The minimum absolute atomic E-state index is 0.00694. The number of hydrogen-bond donors (Lipinski definition) is 3. The fraction of sp³-hybridized carbons (Fsp3) is 0.818. The Bertz CT molecular complexity index is 256. The van der Waals surface area contributed by atoms with Crippen LogP contribution in [0.15, 0.2) is 0 Å². The van der Waals surface area contributed by atoms with Gasteiger partial charge in [-0.15, -0.1) is 0 Å². The average molecular weight is 227 g/mol. The first-order valence-electron chi connectivity index (χ1n) is 5.88. The van der Waals surface area contributed by atoms with Gasteiger partial charge in [-0.2, -0.15) is 0 Å². The van der Waals surface area contributed by atoms with Crippen molar-refractivity contribution in [3.8, 4) is 0 Å². The molecular formula is C11H21N3O2. The fourth-order valence-corrected chi connectivity index (χ4v) is 2.16. The van der Waals surface area contributed by atoms with Gasteiger partial charge in [-0.3, -0.25) is 9.59 Å². The van der Waals surface area contributed by atoms with E-state index in [0.717, 1.165) is 25.7 Å². The van der Waals surface area contributed by atoms with Crippen LogP contribution >= 0.6 is 0 Å². The number of hydrogen-bond acceptors (Lipinski definition) is 3. The predicted octanol–water partition coefficient (Wildman–Crippen LogP) is -0.244. The molecule has 1 aliphatic rings. The second kappa shape index (κ2) is 6.48. The van der Waals surface area contributed by atoms with E-state index >= 15 is 0 Å². The summed E-state index contributed by atoms with van der Waals surface area (Å²) in [5.41, 5.74) is 5.33. The summed E-state index contributed by atoms with van der Waals surface area (Å²) >= 11 is 0. The number of nitrogens with one attached hydrogen (secondary N) is 2. The quantitative estimate of drug-likeness (QED) is 0.606. The first-order chi connectivity index (χ1) is 7.65. The molecule has 92 valence electrons. The Kier molecular flexibility index (Phi) is 5.25. The Labute approximate surface area is 96.1 Å². The highest BCUT2D eigenvalue weighted by atomic mass is 16.2. The van der Waals surface area contributed by atoms with Gasteiger partial charge in [0, 0.05) is 19.0 Å². The van der Waals surface area contributed by atoms with Crippen molar-refractivity contribution in [1.29, 1.82) is 0 Å². The molecule has 1 fully saturated rings. The largest absolute Gasteiger partial charge is 0.369 e. The van der Waals surface area contributed by atoms with Crippen LogP contribution in [0.1, 0.15) is 32.1 Å². The van der Waals surface area contributed by atoms with E-state index in [9.17, 15) is 9.59 Å². The highest BCUT2D eigenvalue weighted by molar-refractivity contribution is 5.80. The Morgan fingerprint density at radius 3 is 2.62 bits per heavy atom. The summed E-state index contributed by atoms with van der Waals surface area (Å²) in [6, 6.07) is -0.0596. The van der Waals surface area contributed by atoms with Crippen molar-refractivity contribution in [3.63, 3.8) is 0 Å². The van der Waals surface area contributed by atoms with Gasteiger partial charge in [-0.25, -0.2) is 0 Å². The molecule has 0 radical (unpaired) electrons. The molecule has 16 heavy (non-hydrogen) atoms. The molecule has 0 aromatic rings. The van der Waals surface area contributed by atoms with E-state index in [-0.39, 0.29) is 23.8 Å². The zero-order valence-electron chi connectivity index (χ0n) is 9.79. The van der Waals surface area contributed by atoms with Gasteiger partial charge in [-0.1, -0.05) is 12.8 Å². The van der Waals surface area contributed by atoms with Gasteiger partial charge in [0.05, 0.1) is 5.92 Å². The summed E-state index contributed by atoms with van der Waals surface area (Å²) in [5, 5.41) is 5.82. The lowest BCUT2D eigenvalue weighted by Gasteiger charge is -2.29. The topological polar surface area (TPSA) is 84.2 Å². The van der Waals surface area contributed by atoms with Gasteiger partial charge in [0.2, 0.25) is 11.8 Å². The second-order valence-electron chi connectivity index (χ2n) is 4.32. The first kappa shape index (κ1) is 13.0. The maximum absolute atomic E-state index is 11.5. The third-order valence-electron chi connectivity index (χ3n) is 3.08. The first-order valence-corrected chi connectivity index (χ1v) is 5.88. The summed E-state index contributed by atoms with van der Waals surface area (Å²) in [5.74, 6) is -0.488. The maximum Gasteiger partial charge on any atom is 0.222 e. The molecule has 2 unspecified atom stereocenters. The van der Waals surface area contributed by atoms with Crippen molar-refractivity contribution in [2.45, 2.75) is 38.1 Å². The molecule has 0 saturated heterocycles. The van der Waals surface area contributed by atoms with Gasteiger partial charge in [-0.05, 0) is 19.9 Å². The lowest BCUT2D eigenvalue weighted by atomic mass is 9.84. The molecular weight excluding hydrogens is 206 g/mol. The van der Waals surface area contributed by atoms with E-state index in [2.05, 4.69) is 10.6 Å². The van der Waals surface area contributed by atoms with E-state index < -0.39 is 0 Å². The molecule has 0 aliphatic heterocycles. The molecule has 1 aliphatic carbocycles. The summed E-state index contributed by atoms with van der Waals surface area (Å²) in [4.78, 5) is 22.8. The lowest BCUT2D eigenvalue weighted by molar-refractivity contribution is -0.126. The van der Waals surface area contributed by atoms with Crippen LogP contribution in [-0.2, 0) is 9.59 Å². The third kappa shape index (κ3) is 3.81. The van der Waals surface area contributed by atoms with E-state index in [1.54, 1.807) is 7.05 Å². The van der Waals surface area contributed by atoms with Gasteiger partial charge in [0.25, 0.3) is 0 Å². The molecule has 4 N–H and O–H groups in total. The average Bonchev–Trinajstić information content (AvgIpc) is 2.27. The highest BCUT2D eigenvalue weighted by Crippen LogP contribution is 2.24. The SMILES string of the molecule is CNCCC(=O)NC1CCCCC1C(N)=O. The summed E-state index contributed by atoms with van der Waals surface area (Å²) in [6.45, 7) is 0.653. The fourth-order valence-electron chi connectivity index (χ4n) is 2.16. The van der Waals surface area contributed by atoms with E-state index in [1.807, 2.05) is 0 Å². The Balaban J connectivity index is 2.43. The molecule has 2 amide bonds. The summed E-state index contributed by atoms with van der Waals surface area (Å²) in [7, 11) is 1.81. The minimum Gasteiger partial charge on any atom is -0.369 e. The van der Waals surface area contributed by atoms with Crippen LogP contribution in [0.5, 0.6) is 0 Å². The van der Waals surface area contributed by atoms with E-state index in [1.165, 1.54) is 0 Å². The standard InChI is InChI=1S/C11H21N3O2/c1-13-7-6-10(15)14-9-5-3-2-4-8(9)11(12)16/h8-9,13H,2-7H2,1H3,(H2,12,16)(H,14,15). The molecule has 1 saturated carbocycles. The van der Waals surface area contributed by atoms with Gasteiger partial charge in [0.15, 0.2) is 0 Å². The van der Waals surface area contributed by atoms with Crippen molar-refractivity contribution >= 4 is 11.8 Å². The van der Waals surface area contributed by atoms with Crippen LogP contribution in [0.4, 0.5) is 0 Å². The lowest BCUT2D eigenvalue weighted by Crippen LogP contribution is -2.47. The number of nitrogens with two attached hydrogens (primary N) is 1. The molecule has 2 atom stereocenters. The molecule has 0 spiro atoms. The number of carbonyl (C=O) groups excluding carboxylic acids is 2. The van der Waals surface area contributed by atoms with Crippen LogP contribution < -0.4 is 16.4 Å². The monoisotopic (exact) mass is 227 g/mol. The second-order valence-corrected chi connectivity index (χ2v) is 4.32. The smallest absolute Gasteiger partial charge is 0.222 e. The normalized spacial score (nSPS) is 25.1. The Morgan fingerprint density at radius 2 is 2.00 bits per heavy atom. The summed E-state index contributed by atoms with van der Waals surface area (Å²) in [6.07, 6.45) is 4.18. The number of primary amides is 1. The predicted molar refractivity (Wildman–Crippen MR) is 61.6 cm³/mol. The third-order valence-corrected chi connectivity index (χ3v) is 3.08. The zero-order valence-corrected chi connectivity index (χ0v) is 9.79. The van der Waals surface area contributed by atoms with Crippen molar-refractivity contribution < 1.29 is 9.59 Å². The molecule has 5 heteroatoms. The molecule has 0 bridgehead atoms. The molecule has 5 nitrogen and oxygen atoms in total. The Hall–Kier alpha value is -1.10. The van der Waals surface area contributed by atoms with Crippen molar-refractivity contribution in [1.82, 2.24) is 10.6 Å². The van der Waals surface area contributed by atoms with E-state index in [4.69, 9.17) is 5.73 Å². The van der Waals surface area contributed by atoms with Gasteiger partial charge < -0.3 is 16.4 Å². The molecule has 0 aromatic heterocycles. The minimum atomic E-state index is -0.293. The van der Waals surface area contributed by atoms with Crippen molar-refractivity contribution in [2.75, 3.05) is 13.6 Å². The number of rotatable bonds is 5. The van der Waals surface area contributed by atoms with Crippen molar-refractivity contribution in [2.24, 2.45) is 11.7 Å². The van der Waals surface area contributed by atoms with Crippen LogP contribution in [0, 0.1) is 5.92 Å². The number of carbonyl (C=O) groups is 2. The number of amides is 2. The summed E-state index contributed by atoms with van der Waals surface area (Å²) < 4.78 is 0. The zero-order chi connectivity index (χ0) is 12.0.